The van der Waals surface area contributed by atoms with Gasteiger partial charge in [0.15, 0.2) is 0 Å². The molecule has 0 saturated carbocycles. The van der Waals surface area contributed by atoms with Crippen molar-refractivity contribution in [2.75, 3.05) is 5.43 Å². The molecular formula is C13H15N5O. The van der Waals surface area contributed by atoms with Gasteiger partial charge in [-0.15, -0.1) is 10.2 Å². The lowest BCUT2D eigenvalue weighted by Gasteiger charge is -2.06. The average Bonchev–Trinajstić information content (AvgIpc) is 2.43. The van der Waals surface area contributed by atoms with E-state index >= 15 is 0 Å². The SMILES string of the molecule is CC(=CNNc1nnc(C)c(=O)[nH]1)c1ccccc1. The fourth-order valence-corrected chi connectivity index (χ4v) is 1.45. The van der Waals surface area contributed by atoms with E-state index in [4.69, 9.17) is 0 Å². The van der Waals surface area contributed by atoms with Gasteiger partial charge in [-0.3, -0.25) is 15.2 Å². The summed E-state index contributed by atoms with van der Waals surface area (Å²) in [7, 11) is 0. The molecule has 0 spiro atoms. The first-order valence-corrected chi connectivity index (χ1v) is 5.84. The largest absolute Gasteiger partial charge is 0.305 e. The second kappa shape index (κ2) is 5.81. The fraction of sp³-hybridized carbons (Fsp3) is 0.154. The molecule has 98 valence electrons. The highest BCUT2D eigenvalue weighted by molar-refractivity contribution is 5.63. The minimum Gasteiger partial charge on any atom is -0.305 e. The molecule has 2 rings (SSSR count). The van der Waals surface area contributed by atoms with Crippen LogP contribution in [0.4, 0.5) is 5.95 Å². The summed E-state index contributed by atoms with van der Waals surface area (Å²) in [6.07, 6.45) is 1.79. The molecule has 0 radical (unpaired) electrons. The van der Waals surface area contributed by atoms with E-state index in [-0.39, 0.29) is 11.5 Å². The van der Waals surface area contributed by atoms with Gasteiger partial charge in [-0.05, 0) is 25.0 Å². The maximum atomic E-state index is 11.3. The number of hydrogen-bond donors (Lipinski definition) is 3. The molecule has 1 heterocycles. The Morgan fingerprint density at radius 2 is 2.00 bits per heavy atom. The van der Waals surface area contributed by atoms with Gasteiger partial charge in [-0.1, -0.05) is 30.3 Å². The summed E-state index contributed by atoms with van der Waals surface area (Å²) in [6, 6.07) is 9.95. The van der Waals surface area contributed by atoms with Crippen LogP contribution in [0.5, 0.6) is 0 Å². The van der Waals surface area contributed by atoms with E-state index in [0.717, 1.165) is 11.1 Å². The van der Waals surface area contributed by atoms with Crippen molar-refractivity contribution in [3.05, 3.63) is 58.1 Å². The van der Waals surface area contributed by atoms with Gasteiger partial charge >= 0.3 is 0 Å². The zero-order valence-electron chi connectivity index (χ0n) is 10.8. The molecule has 0 aliphatic carbocycles. The van der Waals surface area contributed by atoms with E-state index in [0.29, 0.717) is 5.69 Å². The minimum atomic E-state index is -0.261. The van der Waals surface area contributed by atoms with Gasteiger partial charge in [0.1, 0.15) is 5.69 Å². The highest BCUT2D eigenvalue weighted by atomic mass is 16.1. The number of rotatable bonds is 4. The van der Waals surface area contributed by atoms with Gasteiger partial charge in [-0.25, -0.2) is 0 Å². The summed E-state index contributed by atoms with van der Waals surface area (Å²) in [5.74, 6) is 0.271. The van der Waals surface area contributed by atoms with Crippen molar-refractivity contribution in [1.82, 2.24) is 20.6 Å². The predicted molar refractivity (Wildman–Crippen MR) is 74.2 cm³/mol. The van der Waals surface area contributed by atoms with Crippen molar-refractivity contribution in [1.29, 1.82) is 0 Å². The van der Waals surface area contributed by atoms with Crippen molar-refractivity contribution in [3.8, 4) is 0 Å². The number of nitrogens with one attached hydrogen (secondary N) is 3. The van der Waals surface area contributed by atoms with Gasteiger partial charge in [0.05, 0.1) is 0 Å². The molecular weight excluding hydrogens is 242 g/mol. The molecule has 0 aliphatic rings. The maximum Gasteiger partial charge on any atom is 0.274 e. The summed E-state index contributed by atoms with van der Waals surface area (Å²) in [6.45, 7) is 3.58. The van der Waals surface area contributed by atoms with Crippen molar-refractivity contribution in [3.63, 3.8) is 0 Å². The average molecular weight is 257 g/mol. The molecule has 0 aliphatic heterocycles. The Bertz CT molecular complexity index is 633. The molecule has 19 heavy (non-hydrogen) atoms. The Kier molecular flexibility index (Phi) is 3.92. The second-order valence-electron chi connectivity index (χ2n) is 4.05. The number of H-pyrrole nitrogens is 1. The van der Waals surface area contributed by atoms with E-state index in [9.17, 15) is 4.79 Å². The summed E-state index contributed by atoms with van der Waals surface area (Å²) >= 11 is 0. The lowest BCUT2D eigenvalue weighted by molar-refractivity contribution is 0.871. The number of hydrazine groups is 1. The van der Waals surface area contributed by atoms with Crippen molar-refractivity contribution >= 4 is 11.5 Å². The first-order valence-electron chi connectivity index (χ1n) is 5.84. The lowest BCUT2D eigenvalue weighted by atomic mass is 10.1. The molecule has 1 aromatic heterocycles. The number of aromatic amines is 1. The van der Waals surface area contributed by atoms with Crippen LogP contribution in [0, 0.1) is 6.92 Å². The molecule has 0 fully saturated rings. The first kappa shape index (κ1) is 12.8. The third-order valence-electron chi connectivity index (χ3n) is 2.57. The monoisotopic (exact) mass is 257 g/mol. The second-order valence-corrected chi connectivity index (χ2v) is 4.05. The third-order valence-corrected chi connectivity index (χ3v) is 2.57. The Morgan fingerprint density at radius 3 is 2.68 bits per heavy atom. The number of aryl methyl sites for hydroxylation is 1. The van der Waals surface area contributed by atoms with E-state index in [1.165, 1.54) is 0 Å². The predicted octanol–water partition coefficient (Wildman–Crippen LogP) is 1.45. The van der Waals surface area contributed by atoms with Crippen LogP contribution in [0.1, 0.15) is 18.2 Å². The van der Waals surface area contributed by atoms with Crippen LogP contribution in [-0.2, 0) is 0 Å². The Balaban J connectivity index is 1.99. The van der Waals surface area contributed by atoms with Crippen LogP contribution in [0.2, 0.25) is 0 Å². The van der Waals surface area contributed by atoms with E-state index in [1.807, 2.05) is 37.3 Å². The Morgan fingerprint density at radius 1 is 1.26 bits per heavy atom. The van der Waals surface area contributed by atoms with Gasteiger partial charge in [0.2, 0.25) is 5.95 Å². The molecule has 0 saturated heterocycles. The number of nitrogens with zero attached hydrogens (tertiary/aromatic N) is 2. The maximum absolute atomic E-state index is 11.3. The van der Waals surface area contributed by atoms with Crippen LogP contribution in [0.25, 0.3) is 5.57 Å². The Labute approximate surface area is 110 Å². The molecule has 0 bridgehead atoms. The molecule has 2 aromatic rings. The Hall–Kier alpha value is -2.63. The van der Waals surface area contributed by atoms with E-state index in [1.54, 1.807) is 13.1 Å². The van der Waals surface area contributed by atoms with Gasteiger partial charge in [-0.2, -0.15) is 0 Å². The number of allylic oxidation sites excluding steroid dienone is 1. The highest BCUT2D eigenvalue weighted by Gasteiger charge is 1.98. The lowest BCUT2D eigenvalue weighted by Crippen LogP contribution is -2.22. The summed E-state index contributed by atoms with van der Waals surface area (Å²) in [5.41, 5.74) is 7.86. The molecule has 6 nitrogen and oxygen atoms in total. The molecule has 1 aromatic carbocycles. The van der Waals surface area contributed by atoms with Crippen LogP contribution in [0.15, 0.2) is 41.3 Å². The van der Waals surface area contributed by atoms with E-state index < -0.39 is 0 Å². The minimum absolute atomic E-state index is 0.261. The quantitative estimate of drug-likeness (QED) is 0.722. The number of anilines is 1. The summed E-state index contributed by atoms with van der Waals surface area (Å²) in [5, 5.41) is 7.52. The van der Waals surface area contributed by atoms with Crippen molar-refractivity contribution < 1.29 is 0 Å². The smallest absolute Gasteiger partial charge is 0.274 e. The molecule has 0 unspecified atom stereocenters. The first-order chi connectivity index (χ1) is 9.16. The van der Waals surface area contributed by atoms with Crippen LogP contribution in [0.3, 0.4) is 0 Å². The van der Waals surface area contributed by atoms with Crippen LogP contribution >= 0.6 is 0 Å². The zero-order valence-corrected chi connectivity index (χ0v) is 10.8. The van der Waals surface area contributed by atoms with Gasteiger partial charge < -0.3 is 5.43 Å². The fourth-order valence-electron chi connectivity index (χ4n) is 1.45. The molecule has 0 atom stereocenters. The van der Waals surface area contributed by atoms with Crippen molar-refractivity contribution in [2.24, 2.45) is 0 Å². The van der Waals surface area contributed by atoms with Gasteiger partial charge in [0.25, 0.3) is 5.56 Å². The van der Waals surface area contributed by atoms with Crippen LogP contribution in [-0.4, -0.2) is 15.2 Å². The highest BCUT2D eigenvalue weighted by Crippen LogP contribution is 2.10. The summed E-state index contributed by atoms with van der Waals surface area (Å²) < 4.78 is 0. The topological polar surface area (TPSA) is 82.7 Å². The standard InChI is InChI=1S/C13H15N5O/c1-9(11-6-4-3-5-7-11)8-14-17-13-15-12(19)10(2)16-18-13/h3-8,14H,1-2H3,(H2,15,17,18,19). The number of benzene rings is 1. The van der Waals surface area contributed by atoms with Crippen molar-refractivity contribution in [2.45, 2.75) is 13.8 Å². The molecule has 6 heteroatoms. The normalized spacial score (nSPS) is 11.2. The zero-order chi connectivity index (χ0) is 13.7. The molecule has 0 amide bonds. The number of aromatic nitrogens is 3. The van der Waals surface area contributed by atoms with E-state index in [2.05, 4.69) is 26.0 Å². The third kappa shape index (κ3) is 3.41. The van der Waals surface area contributed by atoms with Gasteiger partial charge in [0, 0.05) is 6.20 Å². The summed E-state index contributed by atoms with van der Waals surface area (Å²) in [4.78, 5) is 13.9. The molecule has 3 N–H and O–H groups in total. The number of hydrogen-bond acceptors (Lipinski definition) is 5. The van der Waals surface area contributed by atoms with Crippen LogP contribution < -0.4 is 16.4 Å².